The van der Waals surface area contributed by atoms with Crippen LogP contribution in [0, 0.1) is 12.3 Å². The fourth-order valence-corrected chi connectivity index (χ4v) is 2.10. The van der Waals surface area contributed by atoms with Crippen LogP contribution in [0.5, 0.6) is 0 Å². The van der Waals surface area contributed by atoms with Gasteiger partial charge in [-0.05, 0) is 24.8 Å². The maximum Gasteiger partial charge on any atom is 0.287 e. The summed E-state index contributed by atoms with van der Waals surface area (Å²) >= 11 is 0. The van der Waals surface area contributed by atoms with Gasteiger partial charge in [-0.15, -0.1) is 0 Å². The van der Waals surface area contributed by atoms with Crippen LogP contribution in [0.15, 0.2) is 10.5 Å². The van der Waals surface area contributed by atoms with E-state index >= 15 is 0 Å². The van der Waals surface area contributed by atoms with Crippen LogP contribution in [0.2, 0.25) is 0 Å². The average Bonchev–Trinajstić information content (AvgIpc) is 2.68. The number of carbonyl (C=O) groups is 1. The van der Waals surface area contributed by atoms with Gasteiger partial charge in [-0.25, -0.2) is 0 Å². The number of hydrogen-bond acceptors (Lipinski definition) is 3. The summed E-state index contributed by atoms with van der Waals surface area (Å²) in [4.78, 5) is 12.1. The van der Waals surface area contributed by atoms with E-state index in [2.05, 4.69) is 26.1 Å². The highest BCUT2D eigenvalue weighted by Crippen LogP contribution is 2.21. The SMILES string of the molecule is CCc1cc(C)c(C(=O)NC(CO)CC(C)(C)C)o1. The second kappa shape index (κ2) is 6.24. The first-order chi connectivity index (χ1) is 8.76. The molecule has 4 nitrogen and oxygen atoms in total. The maximum atomic E-state index is 12.1. The minimum absolute atomic E-state index is 0.0491. The Morgan fingerprint density at radius 2 is 2.11 bits per heavy atom. The molecule has 1 aromatic heterocycles. The highest BCUT2D eigenvalue weighted by atomic mass is 16.4. The molecule has 1 amide bonds. The number of aliphatic hydroxyl groups is 1. The van der Waals surface area contributed by atoms with Crippen LogP contribution >= 0.6 is 0 Å². The zero-order valence-electron chi connectivity index (χ0n) is 12.5. The Hall–Kier alpha value is -1.29. The smallest absolute Gasteiger partial charge is 0.287 e. The molecule has 0 aliphatic heterocycles. The molecular weight excluding hydrogens is 242 g/mol. The molecule has 0 aliphatic carbocycles. The Labute approximate surface area is 115 Å². The number of aliphatic hydroxyl groups excluding tert-OH is 1. The Bertz CT molecular complexity index is 429. The molecule has 108 valence electrons. The van der Waals surface area contributed by atoms with Crippen molar-refractivity contribution in [2.24, 2.45) is 5.41 Å². The quantitative estimate of drug-likeness (QED) is 0.862. The van der Waals surface area contributed by atoms with Crippen molar-refractivity contribution in [1.82, 2.24) is 5.32 Å². The zero-order chi connectivity index (χ0) is 14.6. The van der Waals surface area contributed by atoms with Gasteiger partial charge in [0.1, 0.15) is 5.76 Å². The van der Waals surface area contributed by atoms with Crippen LogP contribution in [0.4, 0.5) is 0 Å². The van der Waals surface area contributed by atoms with E-state index in [1.807, 2.05) is 19.9 Å². The van der Waals surface area contributed by atoms with E-state index in [0.717, 1.165) is 24.2 Å². The molecule has 19 heavy (non-hydrogen) atoms. The summed E-state index contributed by atoms with van der Waals surface area (Å²) in [5.41, 5.74) is 0.884. The fraction of sp³-hybridized carbons (Fsp3) is 0.667. The lowest BCUT2D eigenvalue weighted by molar-refractivity contribution is 0.0867. The molecule has 0 aromatic carbocycles. The first kappa shape index (κ1) is 15.8. The van der Waals surface area contributed by atoms with Crippen molar-refractivity contribution < 1.29 is 14.3 Å². The second-order valence-electron chi connectivity index (χ2n) is 6.20. The summed E-state index contributed by atoms with van der Waals surface area (Å²) in [6.07, 6.45) is 1.48. The maximum absolute atomic E-state index is 12.1. The third-order valence-electron chi connectivity index (χ3n) is 2.94. The van der Waals surface area contributed by atoms with Crippen molar-refractivity contribution in [3.8, 4) is 0 Å². The molecule has 1 aromatic rings. The second-order valence-corrected chi connectivity index (χ2v) is 6.20. The number of hydrogen-bond donors (Lipinski definition) is 2. The third kappa shape index (κ3) is 4.71. The lowest BCUT2D eigenvalue weighted by atomic mass is 9.88. The standard InChI is InChI=1S/C15H25NO3/c1-6-12-7-10(2)13(19-12)14(18)16-11(9-17)8-15(3,4)5/h7,11,17H,6,8-9H2,1-5H3,(H,16,18). The molecule has 1 atom stereocenters. The molecule has 1 unspecified atom stereocenters. The predicted molar refractivity (Wildman–Crippen MR) is 75.2 cm³/mol. The molecule has 2 N–H and O–H groups in total. The van der Waals surface area contributed by atoms with Gasteiger partial charge in [0.15, 0.2) is 5.76 Å². The Morgan fingerprint density at radius 1 is 1.47 bits per heavy atom. The van der Waals surface area contributed by atoms with Crippen molar-refractivity contribution >= 4 is 5.91 Å². The van der Waals surface area contributed by atoms with Gasteiger partial charge < -0.3 is 14.8 Å². The molecule has 0 spiro atoms. The monoisotopic (exact) mass is 267 g/mol. The Balaban J connectivity index is 2.74. The number of carbonyl (C=O) groups excluding carboxylic acids is 1. The van der Waals surface area contributed by atoms with Crippen LogP contribution in [0.25, 0.3) is 0 Å². The largest absolute Gasteiger partial charge is 0.456 e. The van der Waals surface area contributed by atoms with Gasteiger partial charge in [-0.3, -0.25) is 4.79 Å². The van der Waals surface area contributed by atoms with Gasteiger partial charge >= 0.3 is 0 Å². The van der Waals surface area contributed by atoms with Crippen LogP contribution < -0.4 is 5.32 Å². The summed E-state index contributed by atoms with van der Waals surface area (Å²) in [7, 11) is 0. The normalized spacial score (nSPS) is 13.4. The number of amides is 1. The van der Waals surface area contributed by atoms with Gasteiger partial charge in [-0.2, -0.15) is 0 Å². The summed E-state index contributed by atoms with van der Waals surface area (Å²) in [5, 5.41) is 12.2. The lowest BCUT2D eigenvalue weighted by Gasteiger charge is -2.25. The highest BCUT2D eigenvalue weighted by Gasteiger charge is 2.22. The number of rotatable bonds is 5. The van der Waals surface area contributed by atoms with Crippen molar-refractivity contribution in [3.63, 3.8) is 0 Å². The molecular formula is C15H25NO3. The highest BCUT2D eigenvalue weighted by molar-refractivity contribution is 5.93. The van der Waals surface area contributed by atoms with Gasteiger partial charge in [-0.1, -0.05) is 27.7 Å². The topological polar surface area (TPSA) is 62.5 Å². The summed E-state index contributed by atoms with van der Waals surface area (Å²) in [6, 6.07) is 1.63. The number of furan rings is 1. The molecule has 0 saturated carbocycles. The summed E-state index contributed by atoms with van der Waals surface area (Å²) in [6.45, 7) is 10.0. The lowest BCUT2D eigenvalue weighted by Crippen LogP contribution is -2.40. The van der Waals surface area contributed by atoms with E-state index < -0.39 is 0 Å². The molecule has 0 bridgehead atoms. The molecule has 1 rings (SSSR count). The van der Waals surface area contributed by atoms with Crippen molar-refractivity contribution in [2.45, 2.75) is 53.5 Å². The summed E-state index contributed by atoms with van der Waals surface area (Å²) in [5.74, 6) is 0.906. The van der Waals surface area contributed by atoms with Crippen molar-refractivity contribution in [3.05, 3.63) is 23.2 Å². The number of aryl methyl sites for hydroxylation is 2. The predicted octanol–water partition coefficient (Wildman–Crippen LogP) is 2.68. The van der Waals surface area contributed by atoms with E-state index in [9.17, 15) is 9.90 Å². The van der Waals surface area contributed by atoms with E-state index in [0.29, 0.717) is 5.76 Å². The van der Waals surface area contributed by atoms with E-state index in [1.165, 1.54) is 0 Å². The Kier molecular flexibility index (Phi) is 5.18. The molecule has 0 fully saturated rings. The van der Waals surface area contributed by atoms with E-state index in [1.54, 1.807) is 0 Å². The molecule has 0 aliphatic rings. The van der Waals surface area contributed by atoms with E-state index in [4.69, 9.17) is 4.42 Å². The summed E-state index contributed by atoms with van der Waals surface area (Å²) < 4.78 is 5.51. The van der Waals surface area contributed by atoms with Crippen molar-refractivity contribution in [1.29, 1.82) is 0 Å². The first-order valence-electron chi connectivity index (χ1n) is 6.78. The molecule has 0 radical (unpaired) electrons. The van der Waals surface area contributed by atoms with Gasteiger partial charge in [0.25, 0.3) is 5.91 Å². The van der Waals surface area contributed by atoms with Crippen LogP contribution in [0.1, 0.15) is 56.0 Å². The molecule has 4 heteroatoms. The third-order valence-corrected chi connectivity index (χ3v) is 2.94. The minimum Gasteiger partial charge on any atom is -0.456 e. The van der Waals surface area contributed by atoms with Crippen molar-refractivity contribution in [2.75, 3.05) is 6.61 Å². The average molecular weight is 267 g/mol. The van der Waals surface area contributed by atoms with Crippen LogP contribution in [0.3, 0.4) is 0 Å². The minimum atomic E-state index is -0.250. The van der Waals surface area contributed by atoms with Gasteiger partial charge in [0.2, 0.25) is 0 Å². The van der Waals surface area contributed by atoms with Gasteiger partial charge in [0.05, 0.1) is 12.6 Å². The first-order valence-corrected chi connectivity index (χ1v) is 6.78. The van der Waals surface area contributed by atoms with Crippen LogP contribution in [-0.2, 0) is 6.42 Å². The van der Waals surface area contributed by atoms with Crippen LogP contribution in [-0.4, -0.2) is 23.7 Å². The molecule has 1 heterocycles. The number of nitrogens with one attached hydrogen (secondary N) is 1. The Morgan fingerprint density at radius 3 is 2.53 bits per heavy atom. The van der Waals surface area contributed by atoms with E-state index in [-0.39, 0.29) is 24.0 Å². The van der Waals surface area contributed by atoms with Gasteiger partial charge in [0, 0.05) is 12.0 Å². The molecule has 0 saturated heterocycles. The fourth-order valence-electron chi connectivity index (χ4n) is 2.10. The zero-order valence-corrected chi connectivity index (χ0v) is 12.5.